The largest absolute Gasteiger partial charge is 0.453 e. The van der Waals surface area contributed by atoms with Crippen LogP contribution in [0, 0.1) is 0 Å². The normalized spacial score (nSPS) is 14.3. The standard InChI is InChI=1S/C13H17N3O3/c1-19-13(18)15-9-11-8-10(4-5-14-11)12(17)16-6-2-3-7-16/h4-5,8H,2-3,6-7,9H2,1H3,(H,15,18). The molecule has 2 heterocycles. The third-order valence-electron chi connectivity index (χ3n) is 3.06. The van der Waals surface area contributed by atoms with E-state index in [1.54, 1.807) is 18.3 Å². The number of alkyl carbamates (subject to hydrolysis) is 1. The number of methoxy groups -OCH3 is 1. The van der Waals surface area contributed by atoms with Crippen LogP contribution in [0.25, 0.3) is 0 Å². The topological polar surface area (TPSA) is 71.5 Å². The molecular formula is C13H17N3O3. The lowest BCUT2D eigenvalue weighted by Crippen LogP contribution is -2.28. The van der Waals surface area contributed by atoms with Gasteiger partial charge >= 0.3 is 6.09 Å². The van der Waals surface area contributed by atoms with Gasteiger partial charge in [-0.2, -0.15) is 0 Å². The zero-order chi connectivity index (χ0) is 13.7. The summed E-state index contributed by atoms with van der Waals surface area (Å²) in [6.07, 6.45) is 3.19. The van der Waals surface area contributed by atoms with Crippen LogP contribution in [0.3, 0.4) is 0 Å². The number of pyridine rings is 1. The minimum absolute atomic E-state index is 0.0271. The molecule has 1 aromatic heterocycles. The molecule has 1 aliphatic rings. The highest BCUT2D eigenvalue weighted by atomic mass is 16.5. The van der Waals surface area contributed by atoms with Crippen LogP contribution in [0.4, 0.5) is 4.79 Å². The van der Waals surface area contributed by atoms with E-state index in [1.807, 2.05) is 4.90 Å². The highest BCUT2D eigenvalue weighted by Crippen LogP contribution is 2.13. The van der Waals surface area contributed by atoms with Crippen LogP contribution in [0.5, 0.6) is 0 Å². The molecule has 0 aliphatic carbocycles. The quantitative estimate of drug-likeness (QED) is 0.888. The molecule has 6 nitrogen and oxygen atoms in total. The van der Waals surface area contributed by atoms with E-state index >= 15 is 0 Å². The number of ether oxygens (including phenoxy) is 1. The second-order valence-corrected chi connectivity index (χ2v) is 4.38. The molecule has 0 aromatic carbocycles. The lowest BCUT2D eigenvalue weighted by Gasteiger charge is -2.15. The first-order valence-electron chi connectivity index (χ1n) is 6.26. The molecule has 6 heteroatoms. The van der Waals surface area contributed by atoms with Crippen molar-refractivity contribution in [3.05, 3.63) is 29.6 Å². The second-order valence-electron chi connectivity index (χ2n) is 4.38. The molecule has 0 bridgehead atoms. The van der Waals surface area contributed by atoms with Crippen LogP contribution in [-0.2, 0) is 11.3 Å². The van der Waals surface area contributed by atoms with Crippen LogP contribution < -0.4 is 5.32 Å². The molecule has 1 saturated heterocycles. The Balaban J connectivity index is 2.01. The van der Waals surface area contributed by atoms with Crippen LogP contribution in [-0.4, -0.2) is 42.1 Å². The van der Waals surface area contributed by atoms with Gasteiger partial charge in [-0.25, -0.2) is 4.79 Å². The second kappa shape index (κ2) is 6.17. The van der Waals surface area contributed by atoms with Gasteiger partial charge in [-0.3, -0.25) is 9.78 Å². The van der Waals surface area contributed by atoms with Crippen molar-refractivity contribution in [1.29, 1.82) is 0 Å². The number of amides is 2. The Morgan fingerprint density at radius 2 is 2.16 bits per heavy atom. The molecule has 0 saturated carbocycles. The fourth-order valence-corrected chi connectivity index (χ4v) is 2.05. The number of hydrogen-bond donors (Lipinski definition) is 1. The van der Waals surface area contributed by atoms with Gasteiger partial charge in [-0.15, -0.1) is 0 Å². The Kier molecular flexibility index (Phi) is 4.33. The summed E-state index contributed by atoms with van der Waals surface area (Å²) in [5, 5.41) is 2.54. The van der Waals surface area contributed by atoms with Crippen molar-refractivity contribution in [2.24, 2.45) is 0 Å². The number of hydrogen-bond acceptors (Lipinski definition) is 4. The minimum atomic E-state index is -0.516. The number of nitrogens with one attached hydrogen (secondary N) is 1. The highest BCUT2D eigenvalue weighted by molar-refractivity contribution is 5.94. The van der Waals surface area contributed by atoms with Crippen molar-refractivity contribution in [3.63, 3.8) is 0 Å². The Bertz CT molecular complexity index is 470. The van der Waals surface area contributed by atoms with Crippen LogP contribution in [0.1, 0.15) is 28.9 Å². The van der Waals surface area contributed by atoms with E-state index in [1.165, 1.54) is 7.11 Å². The maximum atomic E-state index is 12.2. The highest BCUT2D eigenvalue weighted by Gasteiger charge is 2.19. The zero-order valence-electron chi connectivity index (χ0n) is 10.9. The number of likely N-dealkylation sites (tertiary alicyclic amines) is 1. The summed E-state index contributed by atoms with van der Waals surface area (Å²) in [7, 11) is 1.30. The Morgan fingerprint density at radius 3 is 2.84 bits per heavy atom. The molecule has 0 atom stereocenters. The SMILES string of the molecule is COC(=O)NCc1cc(C(=O)N2CCCC2)ccn1. The first-order valence-corrected chi connectivity index (χ1v) is 6.26. The summed E-state index contributed by atoms with van der Waals surface area (Å²) in [6.45, 7) is 1.88. The van der Waals surface area contributed by atoms with Gasteiger partial charge in [0.25, 0.3) is 5.91 Å². The smallest absolute Gasteiger partial charge is 0.407 e. The van der Waals surface area contributed by atoms with Gasteiger partial charge in [0.1, 0.15) is 0 Å². The van der Waals surface area contributed by atoms with Crippen molar-refractivity contribution in [1.82, 2.24) is 15.2 Å². The van der Waals surface area contributed by atoms with E-state index in [-0.39, 0.29) is 12.5 Å². The number of nitrogens with zero attached hydrogens (tertiary/aromatic N) is 2. The maximum Gasteiger partial charge on any atom is 0.407 e. The molecule has 1 aliphatic heterocycles. The molecule has 19 heavy (non-hydrogen) atoms. The van der Waals surface area contributed by atoms with Gasteiger partial charge in [0.15, 0.2) is 0 Å². The maximum absolute atomic E-state index is 12.2. The molecule has 0 spiro atoms. The molecule has 1 N–H and O–H groups in total. The van der Waals surface area contributed by atoms with Crippen LogP contribution >= 0.6 is 0 Å². The van der Waals surface area contributed by atoms with Crippen LogP contribution in [0.2, 0.25) is 0 Å². The summed E-state index contributed by atoms with van der Waals surface area (Å²) in [5.41, 5.74) is 1.24. The summed E-state index contributed by atoms with van der Waals surface area (Å²) in [5.74, 6) is 0.0271. The predicted molar refractivity (Wildman–Crippen MR) is 68.6 cm³/mol. The van der Waals surface area contributed by atoms with E-state index in [4.69, 9.17) is 0 Å². The molecular weight excluding hydrogens is 246 g/mol. The van der Waals surface area contributed by atoms with E-state index in [0.717, 1.165) is 25.9 Å². The molecule has 102 valence electrons. The van der Waals surface area contributed by atoms with E-state index in [0.29, 0.717) is 11.3 Å². The van der Waals surface area contributed by atoms with Crippen molar-refractivity contribution >= 4 is 12.0 Å². The monoisotopic (exact) mass is 263 g/mol. The first kappa shape index (κ1) is 13.3. The molecule has 0 radical (unpaired) electrons. The summed E-state index contributed by atoms with van der Waals surface area (Å²) < 4.78 is 4.48. The Morgan fingerprint density at radius 1 is 1.42 bits per heavy atom. The predicted octanol–water partition coefficient (Wildman–Crippen LogP) is 1.17. The van der Waals surface area contributed by atoms with Gasteiger partial charge in [0, 0.05) is 24.8 Å². The van der Waals surface area contributed by atoms with Crippen LogP contribution in [0.15, 0.2) is 18.3 Å². The van der Waals surface area contributed by atoms with Gasteiger partial charge in [-0.05, 0) is 25.0 Å². The number of rotatable bonds is 3. The average molecular weight is 263 g/mol. The fraction of sp³-hybridized carbons (Fsp3) is 0.462. The van der Waals surface area contributed by atoms with Gasteiger partial charge in [-0.1, -0.05) is 0 Å². The zero-order valence-corrected chi connectivity index (χ0v) is 10.9. The van der Waals surface area contributed by atoms with Crippen molar-refractivity contribution < 1.29 is 14.3 Å². The van der Waals surface area contributed by atoms with Gasteiger partial charge in [0.2, 0.25) is 0 Å². The summed E-state index contributed by atoms with van der Waals surface area (Å²) >= 11 is 0. The number of aromatic nitrogens is 1. The molecule has 1 fully saturated rings. The van der Waals surface area contributed by atoms with Crippen molar-refractivity contribution in [2.45, 2.75) is 19.4 Å². The van der Waals surface area contributed by atoms with Gasteiger partial charge in [0.05, 0.1) is 19.3 Å². The Labute approximate surface area is 111 Å². The molecule has 0 unspecified atom stereocenters. The van der Waals surface area contributed by atoms with E-state index in [2.05, 4.69) is 15.0 Å². The summed E-state index contributed by atoms with van der Waals surface area (Å²) in [6, 6.07) is 3.40. The minimum Gasteiger partial charge on any atom is -0.453 e. The lowest BCUT2D eigenvalue weighted by molar-refractivity contribution is 0.0792. The fourth-order valence-electron chi connectivity index (χ4n) is 2.05. The molecule has 2 amide bonds. The molecule has 1 aromatic rings. The third kappa shape index (κ3) is 3.43. The summed E-state index contributed by atoms with van der Waals surface area (Å²) in [4.78, 5) is 29.1. The number of carbonyl (C=O) groups excluding carboxylic acids is 2. The average Bonchev–Trinajstić information content (AvgIpc) is 2.98. The van der Waals surface area contributed by atoms with Crippen molar-refractivity contribution in [3.8, 4) is 0 Å². The Hall–Kier alpha value is -2.11. The number of carbonyl (C=O) groups is 2. The molecule has 2 rings (SSSR count). The van der Waals surface area contributed by atoms with Gasteiger partial charge < -0.3 is 15.0 Å². The van der Waals surface area contributed by atoms with E-state index in [9.17, 15) is 9.59 Å². The van der Waals surface area contributed by atoms with Crippen molar-refractivity contribution in [2.75, 3.05) is 20.2 Å². The first-order chi connectivity index (χ1) is 9.20. The van der Waals surface area contributed by atoms with E-state index < -0.39 is 6.09 Å². The lowest BCUT2D eigenvalue weighted by atomic mass is 10.2. The third-order valence-corrected chi connectivity index (χ3v) is 3.06.